The van der Waals surface area contributed by atoms with E-state index in [9.17, 15) is 14.4 Å². The highest BCUT2D eigenvalue weighted by Gasteiger charge is 2.20. The Kier molecular flexibility index (Phi) is 7.01. The van der Waals surface area contributed by atoms with Gasteiger partial charge in [0.1, 0.15) is 5.75 Å². The van der Waals surface area contributed by atoms with Gasteiger partial charge >= 0.3 is 12.0 Å². The Morgan fingerprint density at radius 3 is 2.57 bits per heavy atom. The van der Waals surface area contributed by atoms with Crippen LogP contribution in [0.1, 0.15) is 29.8 Å². The molecule has 0 aromatic heterocycles. The smallest absolute Gasteiger partial charge is 0.338 e. The van der Waals surface area contributed by atoms with Crippen molar-refractivity contribution >= 4 is 17.9 Å². The Morgan fingerprint density at radius 1 is 1.30 bits per heavy atom. The van der Waals surface area contributed by atoms with Crippen LogP contribution in [-0.4, -0.2) is 37.7 Å². The molecule has 1 atom stereocenters. The van der Waals surface area contributed by atoms with Crippen LogP contribution in [0.3, 0.4) is 0 Å². The average Bonchev–Trinajstić information content (AvgIpc) is 2.51. The first kappa shape index (κ1) is 18.4. The first-order chi connectivity index (χ1) is 10.9. The Labute approximate surface area is 133 Å². The van der Waals surface area contributed by atoms with Crippen molar-refractivity contribution in [2.75, 3.05) is 13.7 Å². The summed E-state index contributed by atoms with van der Waals surface area (Å²) in [5.41, 5.74) is 5.75. The molecule has 3 amide bonds. The molecule has 0 radical (unpaired) electrons. The molecule has 0 saturated heterocycles. The predicted molar refractivity (Wildman–Crippen MR) is 80.9 cm³/mol. The Bertz CT molecular complexity index is 587. The Morgan fingerprint density at radius 2 is 2.00 bits per heavy atom. The van der Waals surface area contributed by atoms with Crippen LogP contribution >= 0.6 is 0 Å². The van der Waals surface area contributed by atoms with Gasteiger partial charge in [-0.2, -0.15) is 0 Å². The van der Waals surface area contributed by atoms with E-state index in [-0.39, 0.29) is 12.2 Å². The van der Waals surface area contributed by atoms with Gasteiger partial charge in [0.2, 0.25) is 0 Å². The van der Waals surface area contributed by atoms with Crippen molar-refractivity contribution in [1.29, 1.82) is 0 Å². The van der Waals surface area contributed by atoms with Crippen LogP contribution in [0, 0.1) is 0 Å². The second-order valence-electron chi connectivity index (χ2n) is 4.56. The number of primary amides is 1. The molecule has 1 aromatic carbocycles. The third-order valence-electron chi connectivity index (χ3n) is 2.88. The summed E-state index contributed by atoms with van der Waals surface area (Å²) >= 11 is 0. The lowest BCUT2D eigenvalue weighted by Crippen LogP contribution is -2.42. The number of rotatable bonds is 7. The lowest BCUT2D eigenvalue weighted by Gasteiger charge is -2.14. The Hall–Kier alpha value is -2.61. The molecule has 1 aromatic rings. The first-order valence-corrected chi connectivity index (χ1v) is 6.95. The molecule has 0 fully saturated rings. The van der Waals surface area contributed by atoms with E-state index in [0.29, 0.717) is 17.9 Å². The first-order valence-electron chi connectivity index (χ1n) is 6.95. The van der Waals surface area contributed by atoms with Crippen molar-refractivity contribution in [1.82, 2.24) is 5.32 Å². The molecule has 1 rings (SSSR count). The number of nitrogens with one attached hydrogen (secondary N) is 1. The SMILES string of the molecule is CCOCc1cc(C(=O)O[C@@H](C)C(=O)NC(N)=O)ccc1OC. The summed E-state index contributed by atoms with van der Waals surface area (Å²) in [5.74, 6) is -0.930. The fourth-order valence-corrected chi connectivity index (χ4v) is 1.74. The second-order valence-corrected chi connectivity index (χ2v) is 4.56. The number of esters is 1. The van der Waals surface area contributed by atoms with Crippen molar-refractivity contribution in [3.05, 3.63) is 29.3 Å². The third-order valence-corrected chi connectivity index (χ3v) is 2.88. The minimum Gasteiger partial charge on any atom is -0.496 e. The van der Waals surface area contributed by atoms with E-state index in [1.807, 2.05) is 12.2 Å². The van der Waals surface area contributed by atoms with Gasteiger partial charge in [0.05, 0.1) is 19.3 Å². The summed E-state index contributed by atoms with van der Waals surface area (Å²) in [5, 5.41) is 1.84. The zero-order chi connectivity index (χ0) is 17.4. The number of benzene rings is 1. The number of ether oxygens (including phenoxy) is 3. The zero-order valence-corrected chi connectivity index (χ0v) is 13.3. The average molecular weight is 324 g/mol. The second kappa shape index (κ2) is 8.74. The molecular weight excluding hydrogens is 304 g/mol. The van der Waals surface area contributed by atoms with E-state index in [1.54, 1.807) is 12.1 Å². The predicted octanol–water partition coefficient (Wildman–Crippen LogP) is 0.972. The molecule has 0 heterocycles. The molecule has 0 spiro atoms. The van der Waals surface area contributed by atoms with Crippen molar-refractivity contribution in [3.8, 4) is 5.75 Å². The van der Waals surface area contributed by atoms with Gasteiger partial charge < -0.3 is 19.9 Å². The molecule has 126 valence electrons. The lowest BCUT2D eigenvalue weighted by atomic mass is 10.1. The van der Waals surface area contributed by atoms with Crippen LogP contribution < -0.4 is 15.8 Å². The van der Waals surface area contributed by atoms with Crippen LogP contribution in [0.25, 0.3) is 0 Å². The maximum absolute atomic E-state index is 12.1. The highest BCUT2D eigenvalue weighted by atomic mass is 16.5. The molecule has 3 N–H and O–H groups in total. The monoisotopic (exact) mass is 324 g/mol. The van der Waals surface area contributed by atoms with Crippen molar-refractivity contribution < 1.29 is 28.6 Å². The van der Waals surface area contributed by atoms with E-state index in [1.165, 1.54) is 20.1 Å². The number of hydrogen-bond donors (Lipinski definition) is 2. The summed E-state index contributed by atoms with van der Waals surface area (Å²) < 4.78 is 15.5. The van der Waals surface area contributed by atoms with Gasteiger partial charge in [0.25, 0.3) is 5.91 Å². The van der Waals surface area contributed by atoms with Crippen LogP contribution in [0.15, 0.2) is 18.2 Å². The molecule has 8 heteroatoms. The summed E-state index contributed by atoms with van der Waals surface area (Å²) in [6.45, 7) is 3.98. The minimum atomic E-state index is -1.16. The van der Waals surface area contributed by atoms with Crippen LogP contribution in [0.5, 0.6) is 5.75 Å². The fraction of sp³-hybridized carbons (Fsp3) is 0.400. The fourth-order valence-electron chi connectivity index (χ4n) is 1.74. The van der Waals surface area contributed by atoms with E-state index in [2.05, 4.69) is 0 Å². The molecule has 0 aliphatic carbocycles. The summed E-state index contributed by atoms with van der Waals surface area (Å²) in [6.07, 6.45) is -1.16. The maximum Gasteiger partial charge on any atom is 0.338 e. The normalized spacial score (nSPS) is 11.4. The number of hydrogen-bond acceptors (Lipinski definition) is 6. The van der Waals surface area contributed by atoms with Crippen molar-refractivity contribution in [3.63, 3.8) is 0 Å². The Balaban J connectivity index is 2.83. The number of carbonyl (C=O) groups is 3. The molecule has 0 unspecified atom stereocenters. The summed E-state index contributed by atoms with van der Waals surface area (Å²) in [6, 6.07) is 3.67. The number of amides is 3. The van der Waals surface area contributed by atoms with E-state index >= 15 is 0 Å². The molecular formula is C15H20N2O6. The van der Waals surface area contributed by atoms with Gasteiger partial charge in [-0.05, 0) is 32.0 Å². The van der Waals surface area contributed by atoms with E-state index in [0.717, 1.165) is 0 Å². The number of nitrogens with two attached hydrogens (primary N) is 1. The highest BCUT2D eigenvalue weighted by Crippen LogP contribution is 2.21. The van der Waals surface area contributed by atoms with Gasteiger partial charge in [-0.1, -0.05) is 0 Å². The van der Waals surface area contributed by atoms with Crippen LogP contribution in [0.2, 0.25) is 0 Å². The van der Waals surface area contributed by atoms with Crippen LogP contribution in [-0.2, 0) is 20.9 Å². The van der Waals surface area contributed by atoms with Crippen molar-refractivity contribution in [2.24, 2.45) is 5.73 Å². The largest absolute Gasteiger partial charge is 0.496 e. The number of methoxy groups -OCH3 is 1. The number of urea groups is 1. The highest BCUT2D eigenvalue weighted by molar-refractivity contribution is 5.98. The van der Waals surface area contributed by atoms with Crippen LogP contribution in [0.4, 0.5) is 4.79 Å². The lowest BCUT2D eigenvalue weighted by molar-refractivity contribution is -0.127. The minimum absolute atomic E-state index is 0.235. The maximum atomic E-state index is 12.1. The van der Waals surface area contributed by atoms with Gasteiger partial charge in [0, 0.05) is 12.2 Å². The van der Waals surface area contributed by atoms with Gasteiger partial charge in [-0.15, -0.1) is 0 Å². The van der Waals surface area contributed by atoms with Gasteiger partial charge in [0.15, 0.2) is 6.10 Å². The van der Waals surface area contributed by atoms with E-state index in [4.69, 9.17) is 19.9 Å². The number of imide groups is 1. The molecule has 23 heavy (non-hydrogen) atoms. The molecule has 0 aliphatic rings. The standard InChI is InChI=1S/C15H20N2O6/c1-4-22-8-11-7-10(5-6-12(11)21-3)14(19)23-9(2)13(18)17-15(16)20/h5-7,9H,4,8H2,1-3H3,(H3,16,17,18,20)/t9-/m0/s1. The van der Waals surface area contributed by atoms with Gasteiger partial charge in [-0.3, -0.25) is 10.1 Å². The zero-order valence-electron chi connectivity index (χ0n) is 13.3. The van der Waals surface area contributed by atoms with Gasteiger partial charge in [-0.25, -0.2) is 9.59 Å². The molecule has 0 saturated carbocycles. The van der Waals surface area contributed by atoms with Crippen molar-refractivity contribution in [2.45, 2.75) is 26.6 Å². The number of carbonyl (C=O) groups excluding carboxylic acids is 3. The third kappa shape index (κ3) is 5.59. The topological polar surface area (TPSA) is 117 Å². The summed E-state index contributed by atoms with van der Waals surface area (Å²) in [7, 11) is 1.51. The summed E-state index contributed by atoms with van der Waals surface area (Å²) in [4.78, 5) is 34.2. The molecule has 0 bridgehead atoms. The molecule has 0 aliphatic heterocycles. The quantitative estimate of drug-likeness (QED) is 0.722. The van der Waals surface area contributed by atoms with E-state index < -0.39 is 24.0 Å². The molecule has 8 nitrogen and oxygen atoms in total.